The Kier molecular flexibility index (Phi) is 6.60. The fraction of sp³-hybridized carbons (Fsp3) is 0.333. The van der Waals surface area contributed by atoms with Gasteiger partial charge in [-0.15, -0.1) is 4.99 Å². The number of amides is 1. The van der Waals surface area contributed by atoms with Gasteiger partial charge < -0.3 is 15.7 Å². The molecule has 0 radical (unpaired) electrons. The molecule has 2 aliphatic rings. The molecule has 9 nitrogen and oxygen atoms in total. The van der Waals surface area contributed by atoms with E-state index >= 15 is 0 Å². The maximum absolute atomic E-state index is 13.4. The molecular formula is C27H28F2N7O2+. The molecule has 1 aliphatic heterocycles. The number of amidine groups is 1. The molecule has 3 heterocycles. The number of hydrogen-bond acceptors (Lipinski definition) is 6. The number of nitrogen functional groups attached to an aromatic ring is 1. The van der Waals surface area contributed by atoms with Gasteiger partial charge in [0.2, 0.25) is 5.95 Å². The molecule has 196 valence electrons. The topological polar surface area (TPSA) is 144 Å². The van der Waals surface area contributed by atoms with E-state index in [1.165, 1.54) is 17.2 Å². The molecule has 0 atom stereocenters. The lowest BCUT2D eigenvalue weighted by molar-refractivity contribution is -0.0495. The van der Waals surface area contributed by atoms with Gasteiger partial charge in [-0.1, -0.05) is 30.7 Å². The summed E-state index contributed by atoms with van der Waals surface area (Å²) < 4.78 is 26.8. The highest BCUT2D eigenvalue weighted by Gasteiger charge is 2.43. The van der Waals surface area contributed by atoms with E-state index in [0.29, 0.717) is 5.56 Å². The van der Waals surface area contributed by atoms with E-state index in [9.17, 15) is 13.6 Å². The van der Waals surface area contributed by atoms with E-state index in [2.05, 4.69) is 19.9 Å². The smallest absolute Gasteiger partial charge is 0.367 e. The van der Waals surface area contributed by atoms with E-state index in [4.69, 9.17) is 16.2 Å². The van der Waals surface area contributed by atoms with Gasteiger partial charge in [0.05, 0.1) is 5.41 Å². The Morgan fingerprint density at radius 1 is 0.947 bits per heavy atom. The number of likely N-dealkylation sites (tertiary alicyclic amines) is 1. The summed E-state index contributed by atoms with van der Waals surface area (Å²) in [4.78, 5) is 30.5. The minimum Gasteiger partial charge on any atom is -0.578 e. The van der Waals surface area contributed by atoms with Gasteiger partial charge in [0.25, 0.3) is 11.8 Å². The standard InChI is InChI=1S/C27H27F2N7O2/c28-27(29)10-12-36(13-11-27)23(38)21-7-4-18(14-32-21)22(37)35-24(30)26(8-1-9-26)20-5-2-17(3-6-20)19-15-33-25(31)34-16-19/h2-7,14-16H,1,8-13H2,(H2,30,35,37)(H2,31,33,34)/p+1. The van der Waals surface area contributed by atoms with E-state index < -0.39 is 17.2 Å². The molecule has 0 bridgehead atoms. The van der Waals surface area contributed by atoms with Crippen LogP contribution in [0.15, 0.2) is 60.0 Å². The average molecular weight is 521 g/mol. The van der Waals surface area contributed by atoms with Crippen LogP contribution < -0.4 is 5.73 Å². The van der Waals surface area contributed by atoms with Crippen molar-refractivity contribution >= 4 is 23.6 Å². The SMILES string of the molecule is N=C(N=C([OH2+])c1ccc(C(=O)N2CCC(F)(F)CC2)nc1)C1(c2ccc(-c3cnc(N)nc3)cc2)CCC1. The largest absolute Gasteiger partial charge is 0.578 e. The maximum Gasteiger partial charge on any atom is 0.367 e. The third-order valence-electron chi connectivity index (χ3n) is 7.36. The first-order valence-corrected chi connectivity index (χ1v) is 12.4. The van der Waals surface area contributed by atoms with E-state index in [1.807, 2.05) is 24.3 Å². The van der Waals surface area contributed by atoms with Gasteiger partial charge in [-0.25, -0.2) is 18.7 Å². The number of carbonyl (C=O) groups is 1. The molecule has 1 amide bonds. The summed E-state index contributed by atoms with van der Waals surface area (Å²) in [6.07, 6.45) is 6.44. The van der Waals surface area contributed by atoms with Crippen LogP contribution in [0.4, 0.5) is 14.7 Å². The number of nitrogens with two attached hydrogens (primary N) is 1. The fourth-order valence-corrected chi connectivity index (χ4v) is 4.80. The van der Waals surface area contributed by atoms with Gasteiger partial charge in [0.1, 0.15) is 17.1 Å². The Balaban J connectivity index is 1.29. The zero-order chi connectivity index (χ0) is 26.9. The monoisotopic (exact) mass is 520 g/mol. The molecule has 5 rings (SSSR count). The molecule has 1 saturated carbocycles. The molecule has 1 aromatic carbocycles. The summed E-state index contributed by atoms with van der Waals surface area (Å²) in [7, 11) is 0. The number of benzene rings is 1. The molecule has 2 fully saturated rings. The second-order valence-corrected chi connectivity index (χ2v) is 9.73. The summed E-state index contributed by atoms with van der Waals surface area (Å²) in [6.45, 7) is -0.0389. The van der Waals surface area contributed by atoms with Crippen LogP contribution in [0.25, 0.3) is 11.1 Å². The summed E-state index contributed by atoms with van der Waals surface area (Å²) in [6, 6.07) is 10.9. The highest BCUT2D eigenvalue weighted by atomic mass is 19.3. The third kappa shape index (κ3) is 4.96. The minimum absolute atomic E-state index is 0.0194. The molecule has 5 N–H and O–H groups in total. The predicted molar refractivity (Wildman–Crippen MR) is 140 cm³/mol. The maximum atomic E-state index is 13.4. The third-order valence-corrected chi connectivity index (χ3v) is 7.36. The Morgan fingerprint density at radius 2 is 1.61 bits per heavy atom. The Hall–Kier alpha value is -4.28. The fourth-order valence-electron chi connectivity index (χ4n) is 4.80. The Bertz CT molecular complexity index is 1360. The average Bonchev–Trinajstić information content (AvgIpc) is 2.89. The number of hydrogen-bond donors (Lipinski definition) is 2. The van der Waals surface area contributed by atoms with Crippen molar-refractivity contribution in [3.05, 3.63) is 71.8 Å². The summed E-state index contributed by atoms with van der Waals surface area (Å²) >= 11 is 0. The second-order valence-electron chi connectivity index (χ2n) is 9.73. The number of alkyl halides is 2. The first-order chi connectivity index (χ1) is 18.2. The quantitative estimate of drug-likeness (QED) is 0.300. The molecule has 0 unspecified atom stereocenters. The van der Waals surface area contributed by atoms with Gasteiger partial charge in [0, 0.05) is 50.1 Å². The van der Waals surface area contributed by atoms with Crippen LogP contribution in [0.1, 0.15) is 53.7 Å². The van der Waals surface area contributed by atoms with Crippen LogP contribution in [-0.4, -0.2) is 61.6 Å². The van der Waals surface area contributed by atoms with Crippen LogP contribution in [0.5, 0.6) is 0 Å². The number of piperidine rings is 1. The zero-order valence-electron chi connectivity index (χ0n) is 20.6. The van der Waals surface area contributed by atoms with Crippen molar-refractivity contribution in [2.24, 2.45) is 4.99 Å². The van der Waals surface area contributed by atoms with Crippen LogP contribution in [0, 0.1) is 5.41 Å². The van der Waals surface area contributed by atoms with Crippen LogP contribution in [0.2, 0.25) is 0 Å². The molecule has 11 heteroatoms. The highest BCUT2D eigenvalue weighted by Crippen LogP contribution is 2.45. The molecule has 3 aromatic rings. The predicted octanol–water partition coefficient (Wildman–Crippen LogP) is 3.56. The van der Waals surface area contributed by atoms with E-state index in [0.717, 1.165) is 36.0 Å². The second kappa shape index (κ2) is 9.88. The minimum atomic E-state index is -2.74. The number of nitrogens with one attached hydrogen (secondary N) is 1. The van der Waals surface area contributed by atoms with Crippen molar-refractivity contribution in [2.45, 2.75) is 43.4 Å². The number of aromatic nitrogens is 3. The molecule has 2 aromatic heterocycles. The number of aliphatic imine (C=N–C) groups is 1. The molecular weight excluding hydrogens is 492 g/mol. The number of carbonyl (C=O) groups excluding carboxylic acids is 1. The van der Waals surface area contributed by atoms with Crippen molar-refractivity contribution in [1.82, 2.24) is 19.9 Å². The van der Waals surface area contributed by atoms with Crippen molar-refractivity contribution in [3.63, 3.8) is 0 Å². The van der Waals surface area contributed by atoms with E-state index in [1.54, 1.807) is 18.5 Å². The van der Waals surface area contributed by atoms with Gasteiger partial charge in [-0.2, -0.15) is 0 Å². The first-order valence-electron chi connectivity index (χ1n) is 12.4. The van der Waals surface area contributed by atoms with Crippen molar-refractivity contribution < 1.29 is 18.7 Å². The van der Waals surface area contributed by atoms with Crippen LogP contribution >= 0.6 is 0 Å². The molecule has 1 aliphatic carbocycles. The Labute approximate surface area is 218 Å². The van der Waals surface area contributed by atoms with E-state index in [-0.39, 0.29) is 49.3 Å². The number of anilines is 1. The Morgan fingerprint density at radius 3 is 2.16 bits per heavy atom. The van der Waals surface area contributed by atoms with Crippen LogP contribution in [0.3, 0.4) is 0 Å². The van der Waals surface area contributed by atoms with Crippen LogP contribution in [-0.2, 0) is 5.41 Å². The number of halogens is 2. The van der Waals surface area contributed by atoms with Crippen molar-refractivity contribution in [1.29, 1.82) is 5.41 Å². The number of pyridine rings is 1. The lowest BCUT2D eigenvalue weighted by Crippen LogP contribution is -2.43. The summed E-state index contributed by atoms with van der Waals surface area (Å²) in [5, 5.41) is 17.2. The number of rotatable bonds is 5. The lowest BCUT2D eigenvalue weighted by Gasteiger charge is -2.41. The van der Waals surface area contributed by atoms with Gasteiger partial charge in [-0.3, -0.25) is 15.2 Å². The summed E-state index contributed by atoms with van der Waals surface area (Å²) in [5.41, 5.74) is 8.22. The molecule has 38 heavy (non-hydrogen) atoms. The number of nitrogens with zero attached hydrogens (tertiary/aromatic N) is 5. The lowest BCUT2D eigenvalue weighted by atomic mass is 9.63. The summed E-state index contributed by atoms with van der Waals surface area (Å²) in [5.74, 6) is -2.96. The molecule has 1 saturated heterocycles. The van der Waals surface area contributed by atoms with Gasteiger partial charge in [-0.05, 0) is 36.1 Å². The van der Waals surface area contributed by atoms with Crippen molar-refractivity contribution in [2.75, 3.05) is 18.8 Å². The zero-order valence-corrected chi connectivity index (χ0v) is 20.6. The van der Waals surface area contributed by atoms with Gasteiger partial charge in [0.15, 0.2) is 0 Å². The normalized spacial score (nSPS) is 18.5. The highest BCUT2D eigenvalue weighted by molar-refractivity contribution is 6.05. The first kappa shape index (κ1) is 25.4. The van der Waals surface area contributed by atoms with Crippen molar-refractivity contribution in [3.8, 4) is 11.1 Å². The van der Waals surface area contributed by atoms with Gasteiger partial charge >= 0.3 is 5.90 Å². The molecule has 0 spiro atoms.